The van der Waals surface area contributed by atoms with E-state index < -0.39 is 0 Å². The van der Waals surface area contributed by atoms with Crippen LogP contribution in [0.1, 0.15) is 94.9 Å². The monoisotopic (exact) mass is 360 g/mol. The fourth-order valence-electron chi connectivity index (χ4n) is 4.31. The van der Waals surface area contributed by atoms with Crippen LogP contribution in [0.4, 0.5) is 0 Å². The molecule has 2 nitrogen and oxygen atoms in total. The second-order valence-corrected chi connectivity index (χ2v) is 9.41. The first-order valence-electron chi connectivity index (χ1n) is 10.6. The molecule has 0 saturated carbocycles. The highest BCUT2D eigenvalue weighted by atomic mass is 16.5. The van der Waals surface area contributed by atoms with E-state index in [-0.39, 0.29) is 5.60 Å². The van der Waals surface area contributed by atoms with E-state index in [1.54, 1.807) is 0 Å². The highest BCUT2D eigenvalue weighted by molar-refractivity contribution is 5.58. The average Bonchev–Trinajstić information content (AvgIpc) is 2.57. The molecule has 0 saturated heterocycles. The highest BCUT2D eigenvalue weighted by Gasteiger charge is 2.34. The van der Waals surface area contributed by atoms with Gasteiger partial charge in [0.05, 0.1) is 0 Å². The van der Waals surface area contributed by atoms with Gasteiger partial charge in [0, 0.05) is 5.56 Å². The summed E-state index contributed by atoms with van der Waals surface area (Å²) in [6, 6.07) is 0. The Kier molecular flexibility index (Phi) is 7.05. The molecular weight excluding hydrogens is 320 g/mol. The molecule has 1 aliphatic heterocycles. The fourth-order valence-corrected chi connectivity index (χ4v) is 4.31. The summed E-state index contributed by atoms with van der Waals surface area (Å²) in [6.07, 6.45) is 9.80. The average molecular weight is 361 g/mol. The molecule has 26 heavy (non-hydrogen) atoms. The summed E-state index contributed by atoms with van der Waals surface area (Å²) in [5.74, 6) is 3.13. The molecule has 148 valence electrons. The van der Waals surface area contributed by atoms with Gasteiger partial charge >= 0.3 is 0 Å². The van der Waals surface area contributed by atoms with Crippen molar-refractivity contribution in [3.8, 4) is 11.5 Å². The van der Waals surface area contributed by atoms with Gasteiger partial charge in [0.15, 0.2) is 0 Å². The lowest BCUT2D eigenvalue weighted by atomic mass is 9.84. The lowest BCUT2D eigenvalue weighted by Crippen LogP contribution is -2.37. The van der Waals surface area contributed by atoms with Crippen molar-refractivity contribution in [3.05, 3.63) is 22.3 Å². The van der Waals surface area contributed by atoms with Crippen LogP contribution in [0.3, 0.4) is 0 Å². The molecule has 0 amide bonds. The van der Waals surface area contributed by atoms with Crippen LogP contribution < -0.4 is 4.74 Å². The van der Waals surface area contributed by atoms with E-state index in [0.29, 0.717) is 5.75 Å². The Hall–Kier alpha value is -1.18. The van der Waals surface area contributed by atoms with Crippen molar-refractivity contribution in [3.63, 3.8) is 0 Å². The largest absolute Gasteiger partial charge is 0.507 e. The van der Waals surface area contributed by atoms with Crippen LogP contribution in [0.5, 0.6) is 11.5 Å². The molecule has 2 rings (SSSR count). The van der Waals surface area contributed by atoms with Crippen LogP contribution in [0.25, 0.3) is 0 Å². The second-order valence-electron chi connectivity index (χ2n) is 9.41. The van der Waals surface area contributed by atoms with Gasteiger partial charge in [-0.2, -0.15) is 0 Å². The Labute approximate surface area is 161 Å². The van der Waals surface area contributed by atoms with Crippen molar-refractivity contribution in [2.45, 2.75) is 105 Å². The minimum Gasteiger partial charge on any atom is -0.507 e. The highest BCUT2D eigenvalue weighted by Crippen LogP contribution is 2.44. The third-order valence-corrected chi connectivity index (χ3v) is 6.47. The molecule has 1 N–H and O–H groups in total. The smallest absolute Gasteiger partial charge is 0.127 e. The van der Waals surface area contributed by atoms with Gasteiger partial charge in [0.1, 0.15) is 17.1 Å². The summed E-state index contributed by atoms with van der Waals surface area (Å²) in [6.45, 7) is 15.4. The summed E-state index contributed by atoms with van der Waals surface area (Å²) >= 11 is 0. The Balaban J connectivity index is 1.93. The predicted molar refractivity (Wildman–Crippen MR) is 111 cm³/mol. The number of rotatable bonds is 8. The van der Waals surface area contributed by atoms with Gasteiger partial charge < -0.3 is 9.84 Å². The van der Waals surface area contributed by atoms with Crippen molar-refractivity contribution in [2.24, 2.45) is 11.8 Å². The zero-order valence-corrected chi connectivity index (χ0v) is 18.2. The van der Waals surface area contributed by atoms with E-state index in [0.717, 1.165) is 53.5 Å². The number of hydrogen-bond acceptors (Lipinski definition) is 2. The maximum absolute atomic E-state index is 10.3. The van der Waals surface area contributed by atoms with Crippen LogP contribution in [0, 0.1) is 32.6 Å². The number of benzene rings is 1. The molecule has 1 heterocycles. The molecule has 0 aliphatic carbocycles. The molecule has 1 aromatic rings. The fraction of sp³-hybridized carbons (Fsp3) is 0.750. The maximum Gasteiger partial charge on any atom is 0.127 e. The molecule has 0 spiro atoms. The molecule has 1 aromatic carbocycles. The molecule has 0 radical (unpaired) electrons. The second kappa shape index (κ2) is 8.67. The van der Waals surface area contributed by atoms with Gasteiger partial charge in [-0.3, -0.25) is 0 Å². The zero-order chi connectivity index (χ0) is 19.5. The van der Waals surface area contributed by atoms with Crippen LogP contribution in [0.15, 0.2) is 0 Å². The van der Waals surface area contributed by atoms with Crippen LogP contribution in [0.2, 0.25) is 0 Å². The van der Waals surface area contributed by atoms with E-state index in [1.165, 1.54) is 37.7 Å². The number of hydrogen-bond donors (Lipinski definition) is 1. The van der Waals surface area contributed by atoms with Gasteiger partial charge in [-0.25, -0.2) is 0 Å². The van der Waals surface area contributed by atoms with Crippen molar-refractivity contribution in [2.75, 3.05) is 0 Å². The van der Waals surface area contributed by atoms with Gasteiger partial charge in [0.25, 0.3) is 0 Å². The van der Waals surface area contributed by atoms with Gasteiger partial charge in [0.2, 0.25) is 0 Å². The number of phenols is 1. The lowest BCUT2D eigenvalue weighted by Gasteiger charge is -2.38. The third kappa shape index (κ3) is 4.96. The van der Waals surface area contributed by atoms with Crippen molar-refractivity contribution >= 4 is 0 Å². The Bertz CT molecular complexity index is 617. The van der Waals surface area contributed by atoms with Crippen LogP contribution in [-0.4, -0.2) is 10.7 Å². The minimum atomic E-state index is -0.0642. The van der Waals surface area contributed by atoms with Crippen LogP contribution >= 0.6 is 0 Å². The van der Waals surface area contributed by atoms with Crippen molar-refractivity contribution in [1.29, 1.82) is 0 Å². The minimum absolute atomic E-state index is 0.0642. The quantitative estimate of drug-likeness (QED) is 0.539. The van der Waals surface area contributed by atoms with Crippen LogP contribution in [-0.2, 0) is 6.42 Å². The van der Waals surface area contributed by atoms with Crippen molar-refractivity contribution < 1.29 is 9.84 Å². The van der Waals surface area contributed by atoms with E-state index >= 15 is 0 Å². The molecule has 0 aromatic heterocycles. The van der Waals surface area contributed by atoms with Gasteiger partial charge in [-0.15, -0.1) is 0 Å². The molecule has 0 bridgehead atoms. The molecule has 2 atom stereocenters. The number of fused-ring (bicyclic) bond motifs is 1. The summed E-state index contributed by atoms with van der Waals surface area (Å²) < 4.78 is 6.55. The first-order valence-corrected chi connectivity index (χ1v) is 10.6. The van der Waals surface area contributed by atoms with Gasteiger partial charge in [-0.05, 0) is 81.9 Å². The van der Waals surface area contributed by atoms with E-state index in [9.17, 15) is 5.11 Å². The first kappa shape index (κ1) is 21.1. The standard InChI is InChI=1S/C24H40O2/c1-16(2)10-8-11-17(3)12-9-14-24(7)15-13-21-20(6)22(25)18(4)19(5)23(21)26-24/h16-17,25H,8-15H2,1-7H3/t17-,24-/m1/s1. The summed E-state index contributed by atoms with van der Waals surface area (Å²) in [4.78, 5) is 0. The first-order chi connectivity index (χ1) is 12.1. The molecule has 0 fully saturated rings. The van der Waals surface area contributed by atoms with E-state index in [2.05, 4.69) is 34.6 Å². The number of aromatic hydroxyl groups is 1. The Morgan fingerprint density at radius 1 is 0.962 bits per heavy atom. The number of phenolic OH excluding ortho intramolecular Hbond substituents is 1. The summed E-state index contributed by atoms with van der Waals surface area (Å²) in [5.41, 5.74) is 4.22. The van der Waals surface area contributed by atoms with Gasteiger partial charge in [-0.1, -0.05) is 46.5 Å². The van der Waals surface area contributed by atoms with Crippen molar-refractivity contribution in [1.82, 2.24) is 0 Å². The molecule has 1 aliphatic rings. The molecule has 0 unspecified atom stereocenters. The summed E-state index contributed by atoms with van der Waals surface area (Å²) in [7, 11) is 0. The molecular formula is C24H40O2. The number of ether oxygens (including phenoxy) is 1. The molecule has 2 heteroatoms. The topological polar surface area (TPSA) is 29.5 Å². The Morgan fingerprint density at radius 3 is 2.27 bits per heavy atom. The Morgan fingerprint density at radius 2 is 1.62 bits per heavy atom. The maximum atomic E-state index is 10.3. The lowest BCUT2D eigenvalue weighted by molar-refractivity contribution is 0.0512. The SMILES string of the molecule is Cc1c(C)c2c(c(C)c1O)CC[C@@](C)(CCC[C@H](C)CCCC(C)C)O2. The van der Waals surface area contributed by atoms with E-state index in [4.69, 9.17) is 4.74 Å². The predicted octanol–water partition coefficient (Wildman–Crippen LogP) is 7.03. The normalized spacial score (nSPS) is 20.8. The van der Waals surface area contributed by atoms with E-state index in [1.807, 2.05) is 13.8 Å². The third-order valence-electron chi connectivity index (χ3n) is 6.47. The zero-order valence-electron chi connectivity index (χ0n) is 18.2. The summed E-state index contributed by atoms with van der Waals surface area (Å²) in [5, 5.41) is 10.3.